The average molecular weight is 201 g/mol. The van der Waals surface area contributed by atoms with Crippen molar-refractivity contribution >= 4 is 11.4 Å². The maximum atomic E-state index is 12.8. The topological polar surface area (TPSA) is 50.9 Å². The third-order valence-corrected chi connectivity index (χ3v) is 1.90. The molecule has 0 fully saturated rings. The van der Waals surface area contributed by atoms with Crippen LogP contribution < -0.4 is 11.1 Å². The van der Waals surface area contributed by atoms with E-state index in [1.807, 2.05) is 0 Å². The van der Waals surface area contributed by atoms with E-state index in [9.17, 15) is 8.78 Å². The van der Waals surface area contributed by atoms with E-state index in [0.717, 1.165) is 6.92 Å². The van der Waals surface area contributed by atoms with E-state index >= 15 is 0 Å². The van der Waals surface area contributed by atoms with E-state index in [-0.39, 0.29) is 0 Å². The molecule has 0 bridgehead atoms. The smallest absolute Gasteiger partial charge is 0.264 e. The van der Waals surface area contributed by atoms with Gasteiger partial charge in [-0.25, -0.2) is 8.78 Å². The first kappa shape index (κ1) is 10.7. The van der Waals surface area contributed by atoms with E-state index < -0.39 is 12.0 Å². The normalized spacial score (nSPS) is 13.7. The van der Waals surface area contributed by atoms with Crippen LogP contribution in [-0.4, -0.2) is 16.9 Å². The van der Waals surface area contributed by atoms with Crippen molar-refractivity contribution in [2.45, 2.75) is 25.8 Å². The van der Waals surface area contributed by atoms with Crippen LogP contribution in [0.25, 0.3) is 0 Å². The summed E-state index contributed by atoms with van der Waals surface area (Å²) in [5.74, 6) is -2.77. The molecule has 0 radical (unpaired) electrons. The Morgan fingerprint density at radius 1 is 1.50 bits per heavy atom. The number of nitrogens with two attached hydrogens (primary N) is 1. The SMILES string of the molecule is CC(Nc1cncc(N)c1)C(C)(F)F. The first-order valence-electron chi connectivity index (χ1n) is 4.24. The first-order valence-corrected chi connectivity index (χ1v) is 4.24. The highest BCUT2D eigenvalue weighted by Crippen LogP contribution is 2.21. The van der Waals surface area contributed by atoms with Crippen LogP contribution in [0.4, 0.5) is 20.2 Å². The largest absolute Gasteiger partial charge is 0.397 e. The fourth-order valence-corrected chi connectivity index (χ4v) is 0.913. The Morgan fingerprint density at radius 2 is 2.14 bits per heavy atom. The molecule has 0 saturated carbocycles. The van der Waals surface area contributed by atoms with Gasteiger partial charge in [-0.2, -0.15) is 0 Å². The Kier molecular flexibility index (Phi) is 2.88. The quantitative estimate of drug-likeness (QED) is 0.787. The number of alkyl halides is 2. The second kappa shape index (κ2) is 3.77. The highest BCUT2D eigenvalue weighted by Gasteiger charge is 2.29. The molecule has 0 aliphatic rings. The lowest BCUT2D eigenvalue weighted by atomic mass is 10.2. The average Bonchev–Trinajstić information content (AvgIpc) is 2.02. The lowest BCUT2D eigenvalue weighted by Crippen LogP contribution is -2.34. The summed E-state index contributed by atoms with van der Waals surface area (Å²) < 4.78 is 25.6. The Hall–Kier alpha value is -1.39. The number of aromatic nitrogens is 1. The van der Waals surface area contributed by atoms with Gasteiger partial charge in [0.05, 0.1) is 23.6 Å². The standard InChI is InChI=1S/C9H13F2N3/c1-6(9(2,10)11)14-8-3-7(12)4-13-5-8/h3-6,14H,12H2,1-2H3. The highest BCUT2D eigenvalue weighted by molar-refractivity contribution is 5.51. The molecule has 1 rings (SSSR count). The van der Waals surface area contributed by atoms with Crippen LogP contribution in [-0.2, 0) is 0 Å². The van der Waals surface area contributed by atoms with Crippen molar-refractivity contribution in [1.82, 2.24) is 4.98 Å². The van der Waals surface area contributed by atoms with Gasteiger partial charge in [0, 0.05) is 13.1 Å². The molecule has 1 unspecified atom stereocenters. The molecule has 0 spiro atoms. The first-order chi connectivity index (χ1) is 6.39. The Morgan fingerprint density at radius 3 is 2.64 bits per heavy atom. The number of nitrogen functional groups attached to an aromatic ring is 1. The molecule has 1 atom stereocenters. The van der Waals surface area contributed by atoms with Crippen LogP contribution in [0.5, 0.6) is 0 Å². The van der Waals surface area contributed by atoms with Gasteiger partial charge in [0.25, 0.3) is 5.92 Å². The van der Waals surface area contributed by atoms with E-state index in [1.165, 1.54) is 19.3 Å². The second-order valence-corrected chi connectivity index (χ2v) is 3.33. The van der Waals surface area contributed by atoms with Crippen molar-refractivity contribution in [2.75, 3.05) is 11.1 Å². The van der Waals surface area contributed by atoms with Crippen LogP contribution in [0.2, 0.25) is 0 Å². The summed E-state index contributed by atoms with van der Waals surface area (Å²) in [4.78, 5) is 3.79. The third kappa shape index (κ3) is 2.83. The van der Waals surface area contributed by atoms with Crippen LogP contribution in [0, 0.1) is 0 Å². The number of rotatable bonds is 3. The minimum Gasteiger partial charge on any atom is -0.397 e. The molecule has 0 aliphatic heterocycles. The zero-order valence-corrected chi connectivity index (χ0v) is 8.09. The summed E-state index contributed by atoms with van der Waals surface area (Å²) in [6, 6.07) is 0.612. The molecule has 0 aromatic carbocycles. The summed E-state index contributed by atoms with van der Waals surface area (Å²) in [7, 11) is 0. The van der Waals surface area contributed by atoms with Gasteiger partial charge in [0.1, 0.15) is 0 Å². The molecule has 78 valence electrons. The van der Waals surface area contributed by atoms with Crippen LogP contribution in [0.3, 0.4) is 0 Å². The number of hydrogen-bond donors (Lipinski definition) is 2. The summed E-state index contributed by atoms with van der Waals surface area (Å²) in [6.45, 7) is 2.27. The van der Waals surface area contributed by atoms with Crippen molar-refractivity contribution in [2.24, 2.45) is 0 Å². The van der Waals surface area contributed by atoms with Crippen molar-refractivity contribution in [1.29, 1.82) is 0 Å². The molecule has 14 heavy (non-hydrogen) atoms. The monoisotopic (exact) mass is 201 g/mol. The summed E-state index contributed by atoms with van der Waals surface area (Å²) in [5, 5.41) is 2.63. The van der Waals surface area contributed by atoms with E-state index in [2.05, 4.69) is 10.3 Å². The third-order valence-electron chi connectivity index (χ3n) is 1.90. The Balaban J connectivity index is 2.70. The zero-order valence-electron chi connectivity index (χ0n) is 8.09. The molecule has 0 saturated heterocycles. The number of halogens is 2. The van der Waals surface area contributed by atoms with Crippen LogP contribution >= 0.6 is 0 Å². The van der Waals surface area contributed by atoms with Crippen molar-refractivity contribution in [3.05, 3.63) is 18.5 Å². The molecule has 3 N–H and O–H groups in total. The number of hydrogen-bond acceptors (Lipinski definition) is 3. The van der Waals surface area contributed by atoms with Gasteiger partial charge in [-0.05, 0) is 13.0 Å². The fourth-order valence-electron chi connectivity index (χ4n) is 0.913. The molecule has 3 nitrogen and oxygen atoms in total. The summed E-state index contributed by atoms with van der Waals surface area (Å²) >= 11 is 0. The number of pyridine rings is 1. The van der Waals surface area contributed by atoms with Crippen LogP contribution in [0.1, 0.15) is 13.8 Å². The van der Waals surface area contributed by atoms with Gasteiger partial charge in [-0.15, -0.1) is 0 Å². The molecule has 5 heteroatoms. The lowest BCUT2D eigenvalue weighted by molar-refractivity contribution is 0.00700. The minimum absolute atomic E-state index is 0.446. The van der Waals surface area contributed by atoms with Crippen molar-refractivity contribution in [3.8, 4) is 0 Å². The molecule has 0 amide bonds. The Labute approximate surface area is 81.3 Å². The molecule has 1 heterocycles. The van der Waals surface area contributed by atoms with Gasteiger partial charge in [-0.1, -0.05) is 0 Å². The maximum absolute atomic E-state index is 12.8. The predicted octanol–water partition coefficient (Wildman–Crippen LogP) is 2.12. The Bertz CT molecular complexity index is 309. The van der Waals surface area contributed by atoms with E-state index in [4.69, 9.17) is 5.73 Å². The minimum atomic E-state index is -2.77. The number of nitrogens with one attached hydrogen (secondary N) is 1. The van der Waals surface area contributed by atoms with E-state index in [0.29, 0.717) is 11.4 Å². The van der Waals surface area contributed by atoms with Crippen molar-refractivity contribution in [3.63, 3.8) is 0 Å². The van der Waals surface area contributed by atoms with Gasteiger partial charge in [0.15, 0.2) is 0 Å². The van der Waals surface area contributed by atoms with Gasteiger partial charge >= 0.3 is 0 Å². The zero-order chi connectivity index (χ0) is 10.8. The molecule has 0 aliphatic carbocycles. The van der Waals surface area contributed by atoms with Crippen molar-refractivity contribution < 1.29 is 8.78 Å². The van der Waals surface area contributed by atoms with Gasteiger partial charge < -0.3 is 11.1 Å². The number of anilines is 2. The molecule has 1 aromatic rings. The summed E-state index contributed by atoms with van der Waals surface area (Å²) in [5.41, 5.74) is 6.40. The molecular weight excluding hydrogens is 188 g/mol. The van der Waals surface area contributed by atoms with Gasteiger partial charge in [-0.3, -0.25) is 4.98 Å². The predicted molar refractivity (Wildman–Crippen MR) is 52.4 cm³/mol. The highest BCUT2D eigenvalue weighted by atomic mass is 19.3. The number of nitrogens with zero attached hydrogens (tertiary/aromatic N) is 1. The molecule has 1 aromatic heterocycles. The summed E-state index contributed by atoms with van der Waals surface area (Å²) in [6.07, 6.45) is 2.92. The maximum Gasteiger partial charge on any atom is 0.264 e. The second-order valence-electron chi connectivity index (χ2n) is 3.33. The lowest BCUT2D eigenvalue weighted by Gasteiger charge is -2.21. The van der Waals surface area contributed by atoms with Crippen LogP contribution in [0.15, 0.2) is 18.5 Å². The van der Waals surface area contributed by atoms with E-state index in [1.54, 1.807) is 6.07 Å². The van der Waals surface area contributed by atoms with Gasteiger partial charge in [0.2, 0.25) is 0 Å². The fraction of sp³-hybridized carbons (Fsp3) is 0.444. The molecular formula is C9H13F2N3.